The summed E-state index contributed by atoms with van der Waals surface area (Å²) in [6, 6.07) is 0.373. The van der Waals surface area contributed by atoms with Gasteiger partial charge >= 0.3 is 6.18 Å². The minimum Gasteiger partial charge on any atom is -0.379 e. The van der Waals surface area contributed by atoms with E-state index in [1.54, 1.807) is 7.05 Å². The van der Waals surface area contributed by atoms with Crippen LogP contribution in [0.3, 0.4) is 0 Å². The summed E-state index contributed by atoms with van der Waals surface area (Å²) in [6.45, 7) is 7.86. The molecule has 9 heteroatoms. The first-order valence-electron chi connectivity index (χ1n) is 8.74. The van der Waals surface area contributed by atoms with E-state index in [-0.39, 0.29) is 6.61 Å². The van der Waals surface area contributed by atoms with Gasteiger partial charge in [-0.3, -0.25) is 9.89 Å². The molecule has 0 aliphatic carbocycles. The van der Waals surface area contributed by atoms with Crippen LogP contribution in [0.25, 0.3) is 0 Å². The lowest BCUT2D eigenvalue weighted by molar-refractivity contribution is -0.173. The van der Waals surface area contributed by atoms with Crippen LogP contribution in [0.2, 0.25) is 0 Å². The van der Waals surface area contributed by atoms with Crippen LogP contribution in [0.1, 0.15) is 20.3 Å². The molecule has 2 N–H and O–H groups in total. The normalized spacial score (nSPS) is 18.4. The summed E-state index contributed by atoms with van der Waals surface area (Å²) < 4.78 is 45.9. The fourth-order valence-corrected chi connectivity index (χ4v) is 2.69. The Kier molecular flexibility index (Phi) is 10.1. The number of halogens is 3. The summed E-state index contributed by atoms with van der Waals surface area (Å²) in [6.07, 6.45) is -3.79. The second-order valence-corrected chi connectivity index (χ2v) is 6.36. The number of nitrogens with one attached hydrogen (secondary N) is 2. The maximum Gasteiger partial charge on any atom is 0.411 e. The standard InChI is InChI=1S/C16H31F3N4O2/c1-13(2)14(23-6-9-24-10-7-23)11-22-15(20-3)21-5-4-8-25-12-16(17,18)19/h13-14H,4-12H2,1-3H3,(H2,20,21,22). The summed E-state index contributed by atoms with van der Waals surface area (Å²) in [5.74, 6) is 1.13. The van der Waals surface area contributed by atoms with E-state index >= 15 is 0 Å². The number of morpholine rings is 1. The molecule has 0 aromatic carbocycles. The smallest absolute Gasteiger partial charge is 0.379 e. The van der Waals surface area contributed by atoms with Crippen LogP contribution < -0.4 is 10.6 Å². The van der Waals surface area contributed by atoms with E-state index in [0.717, 1.165) is 32.8 Å². The van der Waals surface area contributed by atoms with E-state index in [0.29, 0.717) is 30.9 Å². The molecule has 1 fully saturated rings. The molecule has 1 aliphatic rings. The Labute approximate surface area is 148 Å². The highest BCUT2D eigenvalue weighted by Crippen LogP contribution is 2.14. The number of hydrogen-bond donors (Lipinski definition) is 2. The lowest BCUT2D eigenvalue weighted by Gasteiger charge is -2.37. The predicted octanol–water partition coefficient (Wildman–Crippen LogP) is 1.48. The quantitative estimate of drug-likeness (QED) is 0.367. The molecule has 1 unspecified atom stereocenters. The number of alkyl halides is 3. The summed E-state index contributed by atoms with van der Waals surface area (Å²) in [5.41, 5.74) is 0. The Morgan fingerprint density at radius 1 is 1.24 bits per heavy atom. The molecule has 1 saturated heterocycles. The van der Waals surface area contributed by atoms with Crippen LogP contribution in [-0.2, 0) is 9.47 Å². The van der Waals surface area contributed by atoms with E-state index in [1.807, 2.05) is 0 Å². The highest BCUT2D eigenvalue weighted by molar-refractivity contribution is 5.79. The number of guanidine groups is 1. The maximum atomic E-state index is 12.0. The molecule has 1 heterocycles. The molecule has 148 valence electrons. The van der Waals surface area contributed by atoms with Crippen LogP contribution in [0.15, 0.2) is 4.99 Å². The first kappa shape index (κ1) is 22.0. The number of ether oxygens (including phenoxy) is 2. The van der Waals surface area contributed by atoms with Crippen molar-refractivity contribution < 1.29 is 22.6 Å². The van der Waals surface area contributed by atoms with E-state index in [1.165, 1.54) is 0 Å². The van der Waals surface area contributed by atoms with Gasteiger partial charge in [-0.1, -0.05) is 13.8 Å². The zero-order valence-corrected chi connectivity index (χ0v) is 15.4. The Hall–Kier alpha value is -1.06. The molecule has 1 aliphatic heterocycles. The van der Waals surface area contributed by atoms with Gasteiger partial charge in [0.05, 0.1) is 13.2 Å². The fourth-order valence-electron chi connectivity index (χ4n) is 2.69. The molecule has 25 heavy (non-hydrogen) atoms. The second-order valence-electron chi connectivity index (χ2n) is 6.36. The molecule has 0 amide bonds. The molecule has 1 atom stereocenters. The van der Waals surface area contributed by atoms with Gasteiger partial charge in [0.2, 0.25) is 0 Å². The molecule has 0 radical (unpaired) electrons. The number of nitrogens with zero attached hydrogens (tertiary/aromatic N) is 2. The zero-order valence-electron chi connectivity index (χ0n) is 15.4. The minimum atomic E-state index is -4.27. The third kappa shape index (κ3) is 9.86. The van der Waals surface area contributed by atoms with Gasteiger partial charge in [-0.25, -0.2) is 0 Å². The Bertz CT molecular complexity index is 386. The largest absolute Gasteiger partial charge is 0.411 e. The molecular formula is C16H31F3N4O2. The summed E-state index contributed by atoms with van der Waals surface area (Å²) >= 11 is 0. The van der Waals surface area contributed by atoms with Crippen molar-refractivity contribution in [3.63, 3.8) is 0 Å². The van der Waals surface area contributed by atoms with Gasteiger partial charge in [0.1, 0.15) is 6.61 Å². The van der Waals surface area contributed by atoms with Crippen molar-refractivity contribution >= 4 is 5.96 Å². The highest BCUT2D eigenvalue weighted by atomic mass is 19.4. The SMILES string of the molecule is CN=C(NCCCOCC(F)(F)F)NCC(C(C)C)N1CCOCC1. The average molecular weight is 368 g/mol. The molecule has 0 aromatic heterocycles. The minimum absolute atomic E-state index is 0.0614. The van der Waals surface area contributed by atoms with Crippen molar-refractivity contribution in [1.82, 2.24) is 15.5 Å². The molecular weight excluding hydrogens is 337 g/mol. The van der Waals surface area contributed by atoms with Gasteiger partial charge in [0.25, 0.3) is 0 Å². The maximum absolute atomic E-state index is 12.0. The number of hydrogen-bond acceptors (Lipinski definition) is 4. The molecule has 6 nitrogen and oxygen atoms in total. The van der Waals surface area contributed by atoms with Gasteiger partial charge in [0, 0.05) is 45.9 Å². The van der Waals surface area contributed by atoms with Crippen LogP contribution in [0.5, 0.6) is 0 Å². The molecule has 0 aromatic rings. The monoisotopic (exact) mass is 368 g/mol. The van der Waals surface area contributed by atoms with Crippen LogP contribution >= 0.6 is 0 Å². The highest BCUT2D eigenvalue weighted by Gasteiger charge is 2.27. The Morgan fingerprint density at radius 3 is 2.48 bits per heavy atom. The van der Waals surface area contributed by atoms with Crippen molar-refractivity contribution in [2.24, 2.45) is 10.9 Å². The third-order valence-electron chi connectivity index (χ3n) is 4.01. The topological polar surface area (TPSA) is 58.1 Å². The van der Waals surface area contributed by atoms with E-state index in [9.17, 15) is 13.2 Å². The fraction of sp³-hybridized carbons (Fsp3) is 0.938. The molecule has 0 bridgehead atoms. The van der Waals surface area contributed by atoms with Crippen molar-refractivity contribution in [2.45, 2.75) is 32.5 Å². The lowest BCUT2D eigenvalue weighted by atomic mass is 10.0. The first-order valence-corrected chi connectivity index (χ1v) is 8.74. The molecule has 0 saturated carbocycles. The van der Waals surface area contributed by atoms with E-state index < -0.39 is 12.8 Å². The zero-order chi connectivity index (χ0) is 18.7. The van der Waals surface area contributed by atoms with Crippen molar-refractivity contribution in [1.29, 1.82) is 0 Å². The average Bonchev–Trinajstić information content (AvgIpc) is 2.56. The van der Waals surface area contributed by atoms with Gasteiger partial charge in [0.15, 0.2) is 5.96 Å². The van der Waals surface area contributed by atoms with Crippen molar-refractivity contribution in [3.8, 4) is 0 Å². The van der Waals surface area contributed by atoms with Crippen molar-refractivity contribution in [2.75, 3.05) is 59.7 Å². The van der Waals surface area contributed by atoms with Crippen LogP contribution in [0, 0.1) is 5.92 Å². The van der Waals surface area contributed by atoms with Gasteiger partial charge in [-0.05, 0) is 12.3 Å². The summed E-state index contributed by atoms with van der Waals surface area (Å²) in [5, 5.41) is 6.40. The first-order chi connectivity index (χ1) is 11.8. The van der Waals surface area contributed by atoms with Crippen molar-refractivity contribution in [3.05, 3.63) is 0 Å². The Balaban J connectivity index is 2.25. The van der Waals surface area contributed by atoms with Gasteiger partial charge in [-0.2, -0.15) is 13.2 Å². The summed E-state index contributed by atoms with van der Waals surface area (Å²) in [4.78, 5) is 6.57. The number of aliphatic imine (C=N–C) groups is 1. The van der Waals surface area contributed by atoms with Gasteiger partial charge < -0.3 is 20.1 Å². The molecule has 0 spiro atoms. The second kappa shape index (κ2) is 11.5. The molecule has 1 rings (SSSR count). The predicted molar refractivity (Wildman–Crippen MR) is 91.9 cm³/mol. The Morgan fingerprint density at radius 2 is 1.92 bits per heavy atom. The van der Waals surface area contributed by atoms with Crippen LogP contribution in [-0.4, -0.2) is 82.7 Å². The lowest BCUT2D eigenvalue weighted by Crippen LogP contribution is -2.52. The number of rotatable bonds is 9. The summed E-state index contributed by atoms with van der Waals surface area (Å²) in [7, 11) is 1.68. The van der Waals surface area contributed by atoms with Gasteiger partial charge in [-0.15, -0.1) is 0 Å². The third-order valence-corrected chi connectivity index (χ3v) is 4.01. The van der Waals surface area contributed by atoms with E-state index in [2.05, 4.69) is 39.1 Å². The van der Waals surface area contributed by atoms with E-state index in [4.69, 9.17) is 4.74 Å². The van der Waals surface area contributed by atoms with Crippen LogP contribution in [0.4, 0.5) is 13.2 Å².